The molecule has 0 radical (unpaired) electrons. The lowest BCUT2D eigenvalue weighted by Gasteiger charge is -2.01. The second-order valence-corrected chi connectivity index (χ2v) is 4.38. The Morgan fingerprint density at radius 3 is 3.00 bits per heavy atom. The van der Waals surface area contributed by atoms with Crippen LogP contribution >= 0.6 is 38.5 Å². The standard InChI is InChI=1S/C8H4BrFIN/c9-5-2-1-4-3-12-8(11)6(4)7(5)10/h1-2H,3H2. The van der Waals surface area contributed by atoms with Gasteiger partial charge in [-0.25, -0.2) is 4.39 Å². The van der Waals surface area contributed by atoms with E-state index in [2.05, 4.69) is 43.5 Å². The quantitative estimate of drug-likeness (QED) is 0.643. The molecule has 1 aromatic carbocycles. The molecule has 0 saturated heterocycles. The fraction of sp³-hybridized carbons (Fsp3) is 0.125. The highest BCUT2D eigenvalue weighted by molar-refractivity contribution is 14.1. The zero-order valence-electron chi connectivity index (χ0n) is 5.94. The van der Waals surface area contributed by atoms with Crippen molar-refractivity contribution in [3.8, 4) is 0 Å². The molecule has 0 bridgehead atoms. The maximum absolute atomic E-state index is 13.4. The third-order valence-electron chi connectivity index (χ3n) is 1.78. The number of halogens is 3. The molecule has 0 unspecified atom stereocenters. The van der Waals surface area contributed by atoms with Gasteiger partial charge in [0.1, 0.15) is 9.54 Å². The van der Waals surface area contributed by atoms with E-state index in [-0.39, 0.29) is 5.82 Å². The third kappa shape index (κ3) is 1.21. The van der Waals surface area contributed by atoms with Gasteiger partial charge < -0.3 is 0 Å². The van der Waals surface area contributed by atoms with Gasteiger partial charge in [0.05, 0.1) is 11.0 Å². The first-order valence-corrected chi connectivity index (χ1v) is 5.24. The highest BCUT2D eigenvalue weighted by atomic mass is 127. The summed E-state index contributed by atoms with van der Waals surface area (Å²) in [5.41, 5.74) is 1.63. The molecule has 1 aromatic rings. The third-order valence-corrected chi connectivity index (χ3v) is 3.27. The van der Waals surface area contributed by atoms with E-state index in [9.17, 15) is 4.39 Å². The van der Waals surface area contributed by atoms with Gasteiger partial charge in [-0.3, -0.25) is 4.99 Å². The van der Waals surface area contributed by atoms with Gasteiger partial charge in [0.2, 0.25) is 0 Å². The van der Waals surface area contributed by atoms with Crippen molar-refractivity contribution in [1.82, 2.24) is 0 Å². The largest absolute Gasteiger partial charge is 0.273 e. The fourth-order valence-corrected chi connectivity index (χ4v) is 2.26. The zero-order valence-corrected chi connectivity index (χ0v) is 9.69. The SMILES string of the molecule is Fc1c(Br)ccc2c1C(I)=NC2. The Bertz CT molecular complexity index is 376. The van der Waals surface area contributed by atoms with Crippen LogP contribution in [-0.4, -0.2) is 3.72 Å². The molecule has 0 amide bonds. The Balaban J connectivity index is 2.70. The zero-order chi connectivity index (χ0) is 8.72. The van der Waals surface area contributed by atoms with E-state index in [1.54, 1.807) is 6.07 Å². The highest BCUT2D eigenvalue weighted by Crippen LogP contribution is 2.29. The molecule has 0 aliphatic carbocycles. The van der Waals surface area contributed by atoms with Crippen molar-refractivity contribution in [2.75, 3.05) is 0 Å². The monoisotopic (exact) mass is 339 g/mol. The molecule has 2 rings (SSSR count). The molecule has 4 heteroatoms. The number of nitrogens with zero attached hydrogens (tertiary/aromatic N) is 1. The molecule has 1 aliphatic heterocycles. The summed E-state index contributed by atoms with van der Waals surface area (Å²) >= 11 is 5.20. The van der Waals surface area contributed by atoms with Crippen LogP contribution in [0.3, 0.4) is 0 Å². The summed E-state index contributed by atoms with van der Waals surface area (Å²) in [6.07, 6.45) is 0. The number of rotatable bonds is 0. The maximum Gasteiger partial charge on any atom is 0.147 e. The lowest BCUT2D eigenvalue weighted by atomic mass is 10.1. The molecule has 0 N–H and O–H groups in total. The number of aliphatic imine (C=N–C) groups is 1. The molecule has 1 aliphatic rings. The highest BCUT2D eigenvalue weighted by Gasteiger charge is 2.19. The van der Waals surface area contributed by atoms with Gasteiger partial charge in [-0.2, -0.15) is 0 Å². The number of hydrogen-bond donors (Lipinski definition) is 0. The van der Waals surface area contributed by atoms with Crippen LogP contribution in [0, 0.1) is 5.82 Å². The first-order valence-electron chi connectivity index (χ1n) is 3.37. The van der Waals surface area contributed by atoms with E-state index in [1.165, 1.54) is 0 Å². The summed E-state index contributed by atoms with van der Waals surface area (Å²) in [6.45, 7) is 0.609. The molecular weight excluding hydrogens is 336 g/mol. The van der Waals surface area contributed by atoms with Gasteiger partial charge in [0, 0.05) is 5.56 Å². The Hall–Kier alpha value is 0.0300. The van der Waals surface area contributed by atoms with Crippen LogP contribution < -0.4 is 0 Å². The van der Waals surface area contributed by atoms with Gasteiger partial charge >= 0.3 is 0 Å². The molecule has 1 nitrogen and oxygen atoms in total. The van der Waals surface area contributed by atoms with E-state index < -0.39 is 0 Å². The van der Waals surface area contributed by atoms with Crippen molar-refractivity contribution in [3.63, 3.8) is 0 Å². The molecule has 0 saturated carbocycles. The normalized spacial score (nSPS) is 14.4. The Labute approximate surface area is 91.3 Å². The lowest BCUT2D eigenvalue weighted by molar-refractivity contribution is 0.618. The minimum Gasteiger partial charge on any atom is -0.273 e. The van der Waals surface area contributed by atoms with Crippen LogP contribution in [0.2, 0.25) is 0 Å². The minimum absolute atomic E-state index is 0.196. The average Bonchev–Trinajstić information content (AvgIpc) is 2.41. The maximum atomic E-state index is 13.4. The number of benzene rings is 1. The van der Waals surface area contributed by atoms with Gasteiger partial charge in [-0.15, -0.1) is 0 Å². The number of hydrogen-bond acceptors (Lipinski definition) is 1. The molecule has 1 heterocycles. The molecule has 0 spiro atoms. The summed E-state index contributed by atoms with van der Waals surface area (Å²) in [4.78, 5) is 4.15. The van der Waals surface area contributed by atoms with Crippen molar-refractivity contribution in [2.45, 2.75) is 6.54 Å². The summed E-state index contributed by atoms with van der Waals surface area (Å²) in [7, 11) is 0. The van der Waals surface area contributed by atoms with Crippen molar-refractivity contribution in [1.29, 1.82) is 0 Å². The van der Waals surface area contributed by atoms with Crippen LogP contribution in [0.15, 0.2) is 21.6 Å². The molecule has 62 valence electrons. The Kier molecular flexibility index (Phi) is 2.20. The topological polar surface area (TPSA) is 12.4 Å². The summed E-state index contributed by atoms with van der Waals surface area (Å²) in [6, 6.07) is 3.62. The van der Waals surface area contributed by atoms with Crippen LogP contribution in [0.5, 0.6) is 0 Å². The first-order chi connectivity index (χ1) is 5.70. The predicted molar refractivity (Wildman–Crippen MR) is 58.4 cm³/mol. The van der Waals surface area contributed by atoms with Crippen molar-refractivity contribution < 1.29 is 4.39 Å². The Morgan fingerprint density at radius 2 is 2.25 bits per heavy atom. The summed E-state index contributed by atoms with van der Waals surface area (Å²) < 4.78 is 14.7. The summed E-state index contributed by atoms with van der Waals surface area (Å²) in [5.74, 6) is -0.196. The molecule has 12 heavy (non-hydrogen) atoms. The van der Waals surface area contributed by atoms with E-state index in [1.807, 2.05) is 6.07 Å². The predicted octanol–water partition coefficient (Wildman–Crippen LogP) is 3.28. The fourth-order valence-electron chi connectivity index (χ4n) is 1.18. The van der Waals surface area contributed by atoms with E-state index in [0.29, 0.717) is 16.6 Å². The molecular formula is C8H4BrFIN. The van der Waals surface area contributed by atoms with Gasteiger partial charge in [0.15, 0.2) is 0 Å². The average molecular weight is 340 g/mol. The van der Waals surface area contributed by atoms with E-state index >= 15 is 0 Å². The van der Waals surface area contributed by atoms with Crippen molar-refractivity contribution in [3.05, 3.63) is 33.5 Å². The van der Waals surface area contributed by atoms with Crippen LogP contribution in [0.1, 0.15) is 11.1 Å². The summed E-state index contributed by atoms with van der Waals surface area (Å²) in [5, 5.41) is 0. The van der Waals surface area contributed by atoms with Gasteiger partial charge in [0.25, 0.3) is 0 Å². The van der Waals surface area contributed by atoms with Crippen molar-refractivity contribution in [2.24, 2.45) is 4.99 Å². The number of fused-ring (bicyclic) bond motifs is 1. The van der Waals surface area contributed by atoms with E-state index in [4.69, 9.17) is 0 Å². The molecule has 0 aromatic heterocycles. The smallest absolute Gasteiger partial charge is 0.147 e. The van der Waals surface area contributed by atoms with E-state index in [0.717, 1.165) is 9.28 Å². The minimum atomic E-state index is -0.196. The molecule has 0 atom stereocenters. The van der Waals surface area contributed by atoms with Crippen LogP contribution in [0.25, 0.3) is 0 Å². The molecule has 0 fully saturated rings. The second-order valence-electron chi connectivity index (χ2n) is 2.50. The lowest BCUT2D eigenvalue weighted by Crippen LogP contribution is -1.95. The van der Waals surface area contributed by atoms with Gasteiger partial charge in [-0.1, -0.05) is 6.07 Å². The van der Waals surface area contributed by atoms with Crippen molar-refractivity contribution >= 4 is 42.2 Å². The van der Waals surface area contributed by atoms with Gasteiger partial charge in [-0.05, 0) is 50.2 Å². The van der Waals surface area contributed by atoms with Crippen LogP contribution in [0.4, 0.5) is 4.39 Å². The second kappa shape index (κ2) is 3.06. The van der Waals surface area contributed by atoms with Crippen LogP contribution in [-0.2, 0) is 6.54 Å². The Morgan fingerprint density at radius 1 is 1.50 bits per heavy atom. The first kappa shape index (κ1) is 8.62.